The molecule has 291 valence electrons. The second-order valence-electron chi connectivity index (χ2n) is 17.4. The number of pyridine rings is 2. The molecule has 0 unspecified atom stereocenters. The number of aromatic nitrogens is 2. The van der Waals surface area contributed by atoms with Crippen molar-refractivity contribution in [3.8, 4) is 33.6 Å². The molecule has 56 heavy (non-hydrogen) atoms. The summed E-state index contributed by atoms with van der Waals surface area (Å²) in [5.41, 5.74) is 16.3. The molecule has 1 radical (unpaired) electrons. The van der Waals surface area contributed by atoms with Gasteiger partial charge in [0.25, 0.3) is 0 Å². The van der Waals surface area contributed by atoms with Crippen molar-refractivity contribution in [3.63, 3.8) is 0 Å². The maximum absolute atomic E-state index is 6.59. The van der Waals surface area contributed by atoms with E-state index in [0.717, 1.165) is 57.8 Å². The number of hydrogen-bond acceptors (Lipinski definition) is 3. The van der Waals surface area contributed by atoms with Crippen LogP contribution < -0.4 is 4.40 Å². The fourth-order valence-corrected chi connectivity index (χ4v) is 12.1. The molecular formula is C51H56GeIrN2O-2. The summed E-state index contributed by atoms with van der Waals surface area (Å²) in [5, 5.41) is 2.32. The van der Waals surface area contributed by atoms with Crippen LogP contribution >= 0.6 is 0 Å². The van der Waals surface area contributed by atoms with Crippen LogP contribution in [-0.4, -0.2) is 23.2 Å². The maximum Gasteiger partial charge on any atom is 0.121 e. The molecule has 5 heteroatoms. The predicted octanol–water partition coefficient (Wildman–Crippen LogP) is 13.4. The first-order chi connectivity index (χ1) is 26.4. The number of nitrogens with zero attached hydrogens (tertiary/aromatic N) is 2. The minimum absolute atomic E-state index is 0. The predicted molar refractivity (Wildman–Crippen MR) is 236 cm³/mol. The molecule has 0 spiro atoms. The third-order valence-electron chi connectivity index (χ3n) is 11.2. The van der Waals surface area contributed by atoms with Crippen molar-refractivity contribution in [2.75, 3.05) is 0 Å². The Kier molecular flexibility index (Phi) is 13.3. The van der Waals surface area contributed by atoms with Gasteiger partial charge in [0.2, 0.25) is 0 Å². The summed E-state index contributed by atoms with van der Waals surface area (Å²) in [6.07, 6.45) is 11.8. The Morgan fingerprint density at radius 3 is 2.25 bits per heavy atom. The molecule has 1 aliphatic rings. The fourth-order valence-electron chi connectivity index (χ4n) is 8.73. The molecule has 1 fully saturated rings. The average Bonchev–Trinajstić information content (AvgIpc) is 3.80. The van der Waals surface area contributed by atoms with Crippen LogP contribution in [0.3, 0.4) is 0 Å². The number of benzene rings is 4. The zero-order valence-electron chi connectivity index (χ0n) is 34.7. The van der Waals surface area contributed by atoms with E-state index in [4.69, 9.17) is 14.4 Å². The Bertz CT molecular complexity index is 2430. The van der Waals surface area contributed by atoms with Crippen molar-refractivity contribution in [2.45, 2.75) is 97.3 Å². The van der Waals surface area contributed by atoms with Crippen molar-refractivity contribution < 1.29 is 24.5 Å². The summed E-state index contributed by atoms with van der Waals surface area (Å²) in [6.45, 7) is 13.3. The van der Waals surface area contributed by atoms with Crippen molar-refractivity contribution in [2.24, 2.45) is 11.8 Å². The largest absolute Gasteiger partial charge is 0.501 e. The van der Waals surface area contributed by atoms with Gasteiger partial charge in [0.1, 0.15) is 5.58 Å². The van der Waals surface area contributed by atoms with Crippen LogP contribution in [0.5, 0.6) is 0 Å². The molecule has 7 aromatic rings. The molecule has 1 saturated carbocycles. The third kappa shape index (κ3) is 9.31. The monoisotopic (exact) mass is 979 g/mol. The molecule has 0 amide bonds. The van der Waals surface area contributed by atoms with E-state index in [-0.39, 0.29) is 20.1 Å². The van der Waals surface area contributed by atoms with Crippen molar-refractivity contribution >= 4 is 39.6 Å². The van der Waals surface area contributed by atoms with Crippen molar-refractivity contribution in [3.05, 3.63) is 137 Å². The van der Waals surface area contributed by atoms with Crippen LogP contribution in [-0.2, 0) is 32.9 Å². The number of furan rings is 1. The van der Waals surface area contributed by atoms with Crippen LogP contribution in [0.4, 0.5) is 0 Å². The Labute approximate surface area is 351 Å². The zero-order chi connectivity index (χ0) is 38.9. The maximum atomic E-state index is 6.59. The minimum Gasteiger partial charge on any atom is -0.501 e. The first-order valence-electron chi connectivity index (χ1n) is 20.2. The molecule has 4 aromatic carbocycles. The van der Waals surface area contributed by atoms with E-state index >= 15 is 0 Å². The third-order valence-corrected chi connectivity index (χ3v) is 15.5. The topological polar surface area (TPSA) is 38.9 Å². The SMILES string of the molecule is CC(C)Cc1cc(-c2[c-]cccc2)nc[c]1[Ge]([CH3])([CH3])[CH3].Cc1cc(C)c(-c2ccc3c(c2)oc2c(-c4cc(CC5CCCC5)ccn4)[c-]cc(C)c23)c(C)c1.[Ir]. The van der Waals surface area contributed by atoms with Gasteiger partial charge < -0.3 is 9.40 Å². The van der Waals surface area contributed by atoms with Gasteiger partial charge in [-0.1, -0.05) is 85.0 Å². The van der Waals surface area contributed by atoms with Gasteiger partial charge in [-0.15, -0.1) is 17.7 Å². The Morgan fingerprint density at radius 1 is 0.821 bits per heavy atom. The average molecular weight is 978 g/mol. The first-order valence-corrected chi connectivity index (χ1v) is 27.6. The van der Waals surface area contributed by atoms with E-state index in [9.17, 15) is 0 Å². The molecular weight excluding hydrogens is 921 g/mol. The van der Waals surface area contributed by atoms with E-state index in [2.05, 4.69) is 138 Å². The summed E-state index contributed by atoms with van der Waals surface area (Å²) in [4.78, 5) is 9.44. The van der Waals surface area contributed by atoms with E-state index in [0.29, 0.717) is 5.92 Å². The summed E-state index contributed by atoms with van der Waals surface area (Å²) in [5.74, 6) is 8.80. The molecule has 0 bridgehead atoms. The van der Waals surface area contributed by atoms with Gasteiger partial charge in [0.15, 0.2) is 0 Å². The Morgan fingerprint density at radius 2 is 1.57 bits per heavy atom. The van der Waals surface area contributed by atoms with Crippen LogP contribution in [0, 0.1) is 51.7 Å². The normalized spacial score (nSPS) is 13.2. The molecule has 8 rings (SSSR count). The quantitative estimate of drug-likeness (QED) is 0.113. The standard InChI is InChI=1S/C33H32NO.C18H24GeN.Ir/c1-20-15-22(3)31(23(4)16-20)26-10-12-28-30(19-26)35-33-27(11-9-21(2)32(28)33)29-18-25(13-14-34-29)17-24-7-5-6-8-24;1-14(2)11-16-12-18(15-9-7-6-8-10-15)20-13-17(16)19(3,4)5;/h9-10,12-16,18-19,24H,5-8,17H2,1-4H3;6-9,12-14H,11H2,1-5H3;/q2*-1;. The Hall–Kier alpha value is -3.83. The van der Waals surface area contributed by atoms with Gasteiger partial charge in [-0.25, -0.2) is 0 Å². The minimum atomic E-state index is -1.86. The zero-order valence-corrected chi connectivity index (χ0v) is 39.2. The molecule has 0 saturated heterocycles. The van der Waals surface area contributed by atoms with E-state index < -0.39 is 13.3 Å². The Balaban J connectivity index is 0.000000217. The second kappa shape index (κ2) is 17.8. The first kappa shape index (κ1) is 41.8. The molecule has 0 aliphatic heterocycles. The van der Waals surface area contributed by atoms with Crippen LogP contribution in [0.1, 0.15) is 72.9 Å². The van der Waals surface area contributed by atoms with Gasteiger partial charge >= 0.3 is 126 Å². The van der Waals surface area contributed by atoms with Crippen LogP contribution in [0.15, 0.2) is 95.7 Å². The van der Waals surface area contributed by atoms with Gasteiger partial charge in [-0.3, -0.25) is 0 Å². The van der Waals surface area contributed by atoms with Gasteiger partial charge in [0.05, 0.1) is 5.58 Å². The smallest absolute Gasteiger partial charge is 0.121 e. The number of hydrogen-bond donors (Lipinski definition) is 0. The van der Waals surface area contributed by atoms with E-state index in [1.165, 1.54) is 75.6 Å². The molecule has 0 N–H and O–H groups in total. The molecule has 3 nitrogen and oxygen atoms in total. The van der Waals surface area contributed by atoms with E-state index in [1.54, 1.807) is 4.40 Å². The molecule has 1 aliphatic carbocycles. The summed E-state index contributed by atoms with van der Waals surface area (Å²) in [7, 11) is 0. The van der Waals surface area contributed by atoms with Gasteiger partial charge in [-0.05, 0) is 73.2 Å². The van der Waals surface area contributed by atoms with Crippen molar-refractivity contribution in [1.82, 2.24) is 9.97 Å². The van der Waals surface area contributed by atoms with Crippen molar-refractivity contribution in [1.29, 1.82) is 0 Å². The second-order valence-corrected chi connectivity index (χ2v) is 28.0. The van der Waals surface area contributed by atoms with Gasteiger partial charge in [-0.2, -0.15) is 0 Å². The molecule has 3 aromatic heterocycles. The van der Waals surface area contributed by atoms with E-state index in [1.807, 2.05) is 24.4 Å². The molecule has 3 heterocycles. The summed E-state index contributed by atoms with van der Waals surface area (Å²) < 4.78 is 8.13. The molecule has 0 atom stereocenters. The number of fused-ring (bicyclic) bond motifs is 3. The van der Waals surface area contributed by atoms with Gasteiger partial charge in [0, 0.05) is 31.7 Å². The number of aryl methyl sites for hydroxylation is 4. The number of rotatable bonds is 8. The summed E-state index contributed by atoms with van der Waals surface area (Å²) >= 11 is -1.86. The summed E-state index contributed by atoms with van der Waals surface area (Å²) in [6, 6.07) is 34.8. The van der Waals surface area contributed by atoms with Crippen LogP contribution in [0.2, 0.25) is 17.3 Å². The van der Waals surface area contributed by atoms with Crippen LogP contribution in [0.25, 0.3) is 55.6 Å². The fraction of sp³-hybridized carbons (Fsp3) is 0.333.